The van der Waals surface area contributed by atoms with Crippen molar-refractivity contribution >= 4 is 0 Å². The summed E-state index contributed by atoms with van der Waals surface area (Å²) in [5.41, 5.74) is 3.94. The van der Waals surface area contributed by atoms with E-state index in [4.69, 9.17) is 14.6 Å². The van der Waals surface area contributed by atoms with E-state index >= 15 is 0 Å². The number of hydrogen-bond donors (Lipinski definition) is 1. The van der Waals surface area contributed by atoms with E-state index in [-0.39, 0.29) is 6.61 Å². The summed E-state index contributed by atoms with van der Waals surface area (Å²) in [5.74, 6) is 1.60. The second-order valence-corrected chi connectivity index (χ2v) is 5.56. The molecule has 1 aromatic carbocycles. The van der Waals surface area contributed by atoms with Gasteiger partial charge in [-0.25, -0.2) is 0 Å². The first-order chi connectivity index (χ1) is 10.7. The summed E-state index contributed by atoms with van der Waals surface area (Å²) in [6.45, 7) is 5.10. The molecule has 0 saturated carbocycles. The van der Waals surface area contributed by atoms with Crippen molar-refractivity contribution in [3.63, 3.8) is 0 Å². The normalized spacial score (nSPS) is 15.9. The number of rotatable bonds is 6. The first kappa shape index (κ1) is 16.6. The van der Waals surface area contributed by atoms with E-state index in [1.807, 2.05) is 6.08 Å². The molecule has 0 atom stereocenters. The van der Waals surface area contributed by atoms with Crippen molar-refractivity contribution in [2.24, 2.45) is 0 Å². The Morgan fingerprint density at radius 3 is 2.55 bits per heavy atom. The molecule has 0 fully saturated rings. The van der Waals surface area contributed by atoms with Gasteiger partial charge in [0.25, 0.3) is 0 Å². The molecular formula is C18H25NO3. The van der Waals surface area contributed by atoms with Crippen LogP contribution >= 0.6 is 0 Å². The quantitative estimate of drug-likeness (QED) is 0.820. The van der Waals surface area contributed by atoms with Crippen molar-refractivity contribution in [3.8, 4) is 11.5 Å². The van der Waals surface area contributed by atoms with Crippen LogP contribution in [0.5, 0.6) is 11.5 Å². The van der Waals surface area contributed by atoms with E-state index in [2.05, 4.69) is 30.0 Å². The number of benzene rings is 1. The molecule has 0 unspecified atom stereocenters. The number of aliphatic hydroxyl groups is 1. The number of ether oxygens (including phenoxy) is 2. The number of aliphatic hydroxyl groups excluding tert-OH is 1. The summed E-state index contributed by atoms with van der Waals surface area (Å²) in [6.07, 6.45) is 6.73. The maximum Gasteiger partial charge on any atom is 0.161 e. The molecule has 1 aliphatic heterocycles. The third kappa shape index (κ3) is 4.12. The first-order valence-electron chi connectivity index (χ1n) is 7.57. The lowest BCUT2D eigenvalue weighted by Gasteiger charge is -2.29. The Labute approximate surface area is 132 Å². The molecule has 2 rings (SSSR count). The second-order valence-electron chi connectivity index (χ2n) is 5.56. The monoisotopic (exact) mass is 303 g/mol. The van der Waals surface area contributed by atoms with E-state index < -0.39 is 0 Å². The van der Waals surface area contributed by atoms with E-state index in [1.54, 1.807) is 20.3 Å². The molecule has 1 heterocycles. The SMILES string of the molecule is COc1cc2c(cc1OC)CN(C/C(C)=C/C=C\CO)CC2. The summed E-state index contributed by atoms with van der Waals surface area (Å²) in [4.78, 5) is 2.42. The van der Waals surface area contributed by atoms with Crippen LogP contribution < -0.4 is 9.47 Å². The number of fused-ring (bicyclic) bond motifs is 1. The summed E-state index contributed by atoms with van der Waals surface area (Å²) < 4.78 is 10.8. The topological polar surface area (TPSA) is 41.9 Å². The van der Waals surface area contributed by atoms with Crippen LogP contribution in [0.1, 0.15) is 18.1 Å². The van der Waals surface area contributed by atoms with Crippen molar-refractivity contribution < 1.29 is 14.6 Å². The summed E-state index contributed by atoms with van der Waals surface area (Å²) in [7, 11) is 3.35. The van der Waals surface area contributed by atoms with Gasteiger partial charge in [-0.05, 0) is 36.6 Å². The van der Waals surface area contributed by atoms with Crippen LogP contribution in [-0.2, 0) is 13.0 Å². The Morgan fingerprint density at radius 1 is 1.23 bits per heavy atom. The third-order valence-corrected chi connectivity index (χ3v) is 3.89. The highest BCUT2D eigenvalue weighted by Gasteiger charge is 2.19. The summed E-state index contributed by atoms with van der Waals surface area (Å²) in [5, 5.41) is 8.75. The molecule has 1 aromatic rings. The summed E-state index contributed by atoms with van der Waals surface area (Å²) >= 11 is 0. The largest absolute Gasteiger partial charge is 0.493 e. The van der Waals surface area contributed by atoms with Gasteiger partial charge in [-0.1, -0.05) is 23.8 Å². The van der Waals surface area contributed by atoms with Crippen LogP contribution in [-0.4, -0.2) is 43.9 Å². The molecule has 0 bridgehead atoms. The third-order valence-electron chi connectivity index (χ3n) is 3.89. The second kappa shape index (κ2) is 8.01. The maximum absolute atomic E-state index is 8.75. The molecule has 4 heteroatoms. The minimum absolute atomic E-state index is 0.0858. The molecule has 0 aromatic heterocycles. The minimum Gasteiger partial charge on any atom is -0.493 e. The fourth-order valence-electron chi connectivity index (χ4n) is 2.78. The fourth-order valence-corrected chi connectivity index (χ4v) is 2.78. The van der Waals surface area contributed by atoms with Gasteiger partial charge in [0.15, 0.2) is 11.5 Å². The van der Waals surface area contributed by atoms with E-state index in [9.17, 15) is 0 Å². The van der Waals surface area contributed by atoms with Crippen LogP contribution in [0.25, 0.3) is 0 Å². The summed E-state index contributed by atoms with van der Waals surface area (Å²) in [6, 6.07) is 4.18. The van der Waals surface area contributed by atoms with Crippen molar-refractivity contribution in [3.05, 3.63) is 47.1 Å². The molecular weight excluding hydrogens is 278 g/mol. The van der Waals surface area contributed by atoms with Crippen LogP contribution in [0.2, 0.25) is 0 Å². The molecule has 1 aliphatic rings. The van der Waals surface area contributed by atoms with Crippen LogP contribution in [0.4, 0.5) is 0 Å². The number of allylic oxidation sites excluding steroid dienone is 2. The lowest BCUT2D eigenvalue weighted by Crippen LogP contribution is -2.31. The Hall–Kier alpha value is -1.78. The number of hydrogen-bond acceptors (Lipinski definition) is 4. The first-order valence-corrected chi connectivity index (χ1v) is 7.57. The van der Waals surface area contributed by atoms with E-state index in [1.165, 1.54) is 16.7 Å². The predicted octanol–water partition coefficient (Wildman–Crippen LogP) is 2.56. The molecule has 0 spiro atoms. The number of methoxy groups -OCH3 is 2. The Morgan fingerprint density at radius 2 is 1.91 bits per heavy atom. The fraction of sp³-hybridized carbons (Fsp3) is 0.444. The highest BCUT2D eigenvalue weighted by atomic mass is 16.5. The number of nitrogens with zero attached hydrogens (tertiary/aromatic N) is 1. The minimum atomic E-state index is 0.0858. The van der Waals surface area contributed by atoms with Gasteiger partial charge in [0.2, 0.25) is 0 Å². The van der Waals surface area contributed by atoms with Gasteiger partial charge >= 0.3 is 0 Å². The lowest BCUT2D eigenvalue weighted by atomic mass is 9.98. The molecule has 120 valence electrons. The molecule has 0 radical (unpaired) electrons. The molecule has 0 aliphatic carbocycles. The van der Waals surface area contributed by atoms with Gasteiger partial charge in [-0.15, -0.1) is 0 Å². The molecule has 4 nitrogen and oxygen atoms in total. The zero-order chi connectivity index (χ0) is 15.9. The molecule has 0 saturated heterocycles. The zero-order valence-electron chi connectivity index (χ0n) is 13.6. The van der Waals surface area contributed by atoms with Gasteiger partial charge in [-0.2, -0.15) is 0 Å². The van der Waals surface area contributed by atoms with E-state index in [0.717, 1.165) is 37.6 Å². The van der Waals surface area contributed by atoms with E-state index in [0.29, 0.717) is 0 Å². The average Bonchev–Trinajstić information content (AvgIpc) is 2.53. The molecule has 22 heavy (non-hydrogen) atoms. The van der Waals surface area contributed by atoms with Crippen molar-refractivity contribution in [2.45, 2.75) is 19.9 Å². The molecule has 0 amide bonds. The van der Waals surface area contributed by atoms with Crippen LogP contribution in [0.15, 0.2) is 35.9 Å². The van der Waals surface area contributed by atoms with Crippen molar-refractivity contribution in [2.75, 3.05) is 33.9 Å². The average molecular weight is 303 g/mol. The standard InChI is InChI=1S/C18H25NO3/c1-14(6-4-5-9-20)12-19-8-7-15-10-17(21-2)18(22-3)11-16(15)13-19/h4-6,10-11,20H,7-9,12-13H2,1-3H3/b5-4-,14-6+. The Bertz CT molecular complexity index is 564. The van der Waals surface area contributed by atoms with Crippen molar-refractivity contribution in [1.29, 1.82) is 0 Å². The van der Waals surface area contributed by atoms with Crippen LogP contribution in [0.3, 0.4) is 0 Å². The van der Waals surface area contributed by atoms with Gasteiger partial charge < -0.3 is 14.6 Å². The smallest absolute Gasteiger partial charge is 0.161 e. The van der Waals surface area contributed by atoms with Gasteiger partial charge in [0.1, 0.15) is 0 Å². The lowest BCUT2D eigenvalue weighted by molar-refractivity contribution is 0.273. The predicted molar refractivity (Wildman–Crippen MR) is 88.5 cm³/mol. The highest BCUT2D eigenvalue weighted by molar-refractivity contribution is 5.48. The van der Waals surface area contributed by atoms with Gasteiger partial charge in [0, 0.05) is 19.6 Å². The maximum atomic E-state index is 8.75. The van der Waals surface area contributed by atoms with Gasteiger partial charge in [-0.3, -0.25) is 4.90 Å². The highest BCUT2D eigenvalue weighted by Crippen LogP contribution is 2.33. The Kier molecular flexibility index (Phi) is 6.04. The van der Waals surface area contributed by atoms with Crippen molar-refractivity contribution in [1.82, 2.24) is 4.90 Å². The zero-order valence-corrected chi connectivity index (χ0v) is 13.6. The molecule has 1 N–H and O–H groups in total. The van der Waals surface area contributed by atoms with Crippen LogP contribution in [0, 0.1) is 0 Å². The Balaban J connectivity index is 2.08. The van der Waals surface area contributed by atoms with Gasteiger partial charge in [0.05, 0.1) is 20.8 Å².